The fourth-order valence-corrected chi connectivity index (χ4v) is 3.43. The van der Waals surface area contributed by atoms with Crippen molar-refractivity contribution in [2.75, 3.05) is 20.2 Å². The van der Waals surface area contributed by atoms with Crippen molar-refractivity contribution in [3.8, 4) is 5.75 Å². The van der Waals surface area contributed by atoms with E-state index in [-0.39, 0.29) is 0 Å². The topological polar surface area (TPSA) is 34.1 Å². The molecule has 1 aliphatic rings. The minimum absolute atomic E-state index is 0.518. The van der Waals surface area contributed by atoms with Gasteiger partial charge in [-0.1, -0.05) is 27.2 Å². The van der Waals surface area contributed by atoms with Gasteiger partial charge in [-0.05, 0) is 55.8 Å². The number of hydrogen-bond donors (Lipinski definition) is 1. The SMILES string of the molecule is COc1cccnc1C1CC(C)CCC1CNCC(C)C. The van der Waals surface area contributed by atoms with Crippen molar-refractivity contribution in [1.29, 1.82) is 0 Å². The minimum Gasteiger partial charge on any atom is -0.495 e. The zero-order chi connectivity index (χ0) is 15.2. The van der Waals surface area contributed by atoms with Gasteiger partial charge in [-0.15, -0.1) is 0 Å². The van der Waals surface area contributed by atoms with Crippen molar-refractivity contribution >= 4 is 0 Å². The zero-order valence-electron chi connectivity index (χ0n) is 13.9. The smallest absolute Gasteiger partial charge is 0.140 e. The van der Waals surface area contributed by atoms with Crippen molar-refractivity contribution in [1.82, 2.24) is 10.3 Å². The molecule has 0 amide bonds. The lowest BCUT2D eigenvalue weighted by atomic mass is 9.72. The number of nitrogens with one attached hydrogen (secondary N) is 1. The zero-order valence-corrected chi connectivity index (χ0v) is 13.9. The van der Waals surface area contributed by atoms with Crippen molar-refractivity contribution in [2.24, 2.45) is 17.8 Å². The van der Waals surface area contributed by atoms with Crippen LogP contribution in [0.15, 0.2) is 18.3 Å². The molecule has 1 saturated carbocycles. The average molecular weight is 290 g/mol. The molecule has 21 heavy (non-hydrogen) atoms. The van der Waals surface area contributed by atoms with Crippen LogP contribution < -0.4 is 10.1 Å². The van der Waals surface area contributed by atoms with Crippen LogP contribution in [0.3, 0.4) is 0 Å². The van der Waals surface area contributed by atoms with Gasteiger partial charge < -0.3 is 10.1 Å². The van der Waals surface area contributed by atoms with Gasteiger partial charge in [0.25, 0.3) is 0 Å². The molecule has 1 N–H and O–H groups in total. The maximum absolute atomic E-state index is 5.54. The summed E-state index contributed by atoms with van der Waals surface area (Å²) in [6, 6.07) is 4.00. The highest BCUT2D eigenvalue weighted by molar-refractivity contribution is 5.30. The van der Waals surface area contributed by atoms with E-state index in [1.54, 1.807) is 7.11 Å². The van der Waals surface area contributed by atoms with E-state index in [0.29, 0.717) is 17.8 Å². The highest BCUT2D eigenvalue weighted by Crippen LogP contribution is 2.42. The molecule has 1 heterocycles. The Labute approximate surface area is 129 Å². The Morgan fingerprint density at radius 1 is 1.38 bits per heavy atom. The number of pyridine rings is 1. The summed E-state index contributed by atoms with van der Waals surface area (Å²) >= 11 is 0. The predicted octanol–water partition coefficient (Wildman–Crippen LogP) is 3.86. The van der Waals surface area contributed by atoms with Gasteiger partial charge in [0.2, 0.25) is 0 Å². The number of aromatic nitrogens is 1. The fraction of sp³-hybridized carbons (Fsp3) is 0.722. The van der Waals surface area contributed by atoms with E-state index in [1.807, 2.05) is 18.3 Å². The molecule has 0 aliphatic heterocycles. The molecule has 3 atom stereocenters. The number of ether oxygens (including phenoxy) is 1. The van der Waals surface area contributed by atoms with Crippen LogP contribution in [0.4, 0.5) is 0 Å². The summed E-state index contributed by atoms with van der Waals surface area (Å²) in [5.41, 5.74) is 1.16. The maximum Gasteiger partial charge on any atom is 0.140 e. The first-order valence-corrected chi connectivity index (χ1v) is 8.31. The molecular formula is C18H30N2O. The van der Waals surface area contributed by atoms with E-state index in [2.05, 4.69) is 31.1 Å². The third kappa shape index (κ3) is 4.44. The molecule has 0 spiro atoms. The van der Waals surface area contributed by atoms with Crippen LogP contribution in [0.2, 0.25) is 0 Å². The second-order valence-corrected chi connectivity index (χ2v) is 6.93. The number of nitrogens with zero attached hydrogens (tertiary/aromatic N) is 1. The monoisotopic (exact) mass is 290 g/mol. The van der Waals surface area contributed by atoms with Crippen molar-refractivity contribution in [2.45, 2.75) is 46.0 Å². The van der Waals surface area contributed by atoms with Crippen LogP contribution in [0.25, 0.3) is 0 Å². The fourth-order valence-electron chi connectivity index (χ4n) is 3.43. The van der Waals surface area contributed by atoms with Gasteiger partial charge in [0.05, 0.1) is 12.8 Å². The summed E-state index contributed by atoms with van der Waals surface area (Å²) in [6.07, 6.45) is 5.74. The largest absolute Gasteiger partial charge is 0.495 e. The van der Waals surface area contributed by atoms with E-state index in [1.165, 1.54) is 19.3 Å². The van der Waals surface area contributed by atoms with Crippen molar-refractivity contribution < 1.29 is 4.74 Å². The first-order chi connectivity index (χ1) is 10.1. The molecule has 0 radical (unpaired) electrons. The molecule has 0 saturated heterocycles. The van der Waals surface area contributed by atoms with Gasteiger partial charge in [-0.25, -0.2) is 0 Å². The summed E-state index contributed by atoms with van der Waals surface area (Å²) in [5, 5.41) is 3.64. The molecule has 0 bridgehead atoms. The van der Waals surface area contributed by atoms with Crippen LogP contribution in [0.5, 0.6) is 5.75 Å². The summed E-state index contributed by atoms with van der Waals surface area (Å²) in [6.45, 7) is 9.07. The molecular weight excluding hydrogens is 260 g/mol. The van der Waals surface area contributed by atoms with Gasteiger partial charge in [-0.3, -0.25) is 4.98 Å². The summed E-state index contributed by atoms with van der Waals surface area (Å²) in [5.74, 6) is 3.62. The van der Waals surface area contributed by atoms with Crippen LogP contribution in [-0.2, 0) is 0 Å². The first-order valence-electron chi connectivity index (χ1n) is 8.31. The third-order valence-electron chi connectivity index (χ3n) is 4.59. The Balaban J connectivity index is 2.11. The Morgan fingerprint density at radius 2 is 2.19 bits per heavy atom. The molecule has 118 valence electrons. The highest BCUT2D eigenvalue weighted by atomic mass is 16.5. The molecule has 1 aromatic rings. The van der Waals surface area contributed by atoms with E-state index in [4.69, 9.17) is 4.74 Å². The van der Waals surface area contributed by atoms with Crippen LogP contribution in [-0.4, -0.2) is 25.2 Å². The average Bonchev–Trinajstić information content (AvgIpc) is 2.48. The minimum atomic E-state index is 0.518. The first kappa shape index (κ1) is 16.3. The van der Waals surface area contributed by atoms with Gasteiger partial charge in [0.1, 0.15) is 5.75 Å². The molecule has 1 aromatic heterocycles. The van der Waals surface area contributed by atoms with E-state index < -0.39 is 0 Å². The second kappa shape index (κ2) is 7.79. The molecule has 0 aromatic carbocycles. The van der Waals surface area contributed by atoms with E-state index in [0.717, 1.165) is 30.5 Å². The molecule has 2 rings (SSSR count). The van der Waals surface area contributed by atoms with E-state index >= 15 is 0 Å². The quantitative estimate of drug-likeness (QED) is 0.864. The van der Waals surface area contributed by atoms with Crippen LogP contribution in [0.1, 0.15) is 51.6 Å². The Morgan fingerprint density at radius 3 is 2.90 bits per heavy atom. The van der Waals surface area contributed by atoms with E-state index in [9.17, 15) is 0 Å². The molecule has 1 fully saturated rings. The summed E-state index contributed by atoms with van der Waals surface area (Å²) in [4.78, 5) is 4.65. The standard InChI is InChI=1S/C18H30N2O/c1-13(2)11-19-12-15-8-7-14(3)10-16(15)18-17(21-4)6-5-9-20-18/h5-6,9,13-16,19H,7-8,10-12H2,1-4H3. The van der Waals surface area contributed by atoms with Gasteiger partial charge >= 0.3 is 0 Å². The lowest BCUT2D eigenvalue weighted by molar-refractivity contribution is 0.232. The Bertz CT molecular complexity index is 433. The Kier molecular flexibility index (Phi) is 6.04. The van der Waals surface area contributed by atoms with Gasteiger partial charge in [0, 0.05) is 12.1 Å². The van der Waals surface area contributed by atoms with Crippen molar-refractivity contribution in [3.63, 3.8) is 0 Å². The van der Waals surface area contributed by atoms with Crippen LogP contribution in [0, 0.1) is 17.8 Å². The number of methoxy groups -OCH3 is 1. The van der Waals surface area contributed by atoms with Crippen molar-refractivity contribution in [3.05, 3.63) is 24.0 Å². The summed E-state index contributed by atoms with van der Waals surface area (Å²) in [7, 11) is 1.75. The molecule has 1 aliphatic carbocycles. The summed E-state index contributed by atoms with van der Waals surface area (Å²) < 4.78 is 5.54. The number of hydrogen-bond acceptors (Lipinski definition) is 3. The highest BCUT2D eigenvalue weighted by Gasteiger charge is 2.32. The lowest BCUT2D eigenvalue weighted by Gasteiger charge is -2.35. The molecule has 3 nitrogen and oxygen atoms in total. The van der Waals surface area contributed by atoms with Gasteiger partial charge in [-0.2, -0.15) is 0 Å². The lowest BCUT2D eigenvalue weighted by Crippen LogP contribution is -2.33. The number of rotatable bonds is 6. The molecule has 3 heteroatoms. The second-order valence-electron chi connectivity index (χ2n) is 6.93. The predicted molar refractivity (Wildman–Crippen MR) is 87.7 cm³/mol. The third-order valence-corrected chi connectivity index (χ3v) is 4.59. The molecule has 3 unspecified atom stereocenters. The normalized spacial score (nSPS) is 26.0. The maximum atomic E-state index is 5.54. The Hall–Kier alpha value is -1.09. The van der Waals surface area contributed by atoms with Crippen LogP contribution >= 0.6 is 0 Å². The van der Waals surface area contributed by atoms with Gasteiger partial charge in [0.15, 0.2) is 0 Å².